The summed E-state index contributed by atoms with van der Waals surface area (Å²) in [4.78, 5) is 11.6. The minimum atomic E-state index is 0.519. The summed E-state index contributed by atoms with van der Waals surface area (Å²) in [5.41, 5.74) is 13.9. The van der Waals surface area contributed by atoms with Gasteiger partial charge >= 0.3 is 0 Å². The van der Waals surface area contributed by atoms with Crippen molar-refractivity contribution in [1.29, 1.82) is 0 Å². The number of nitrogens with two attached hydrogens (primary N) is 2. The molecule has 0 fully saturated rings. The number of pyridine rings is 2. The highest BCUT2D eigenvalue weighted by Gasteiger charge is 2.10. The van der Waals surface area contributed by atoms with Crippen molar-refractivity contribution in [2.75, 3.05) is 11.5 Å². The first-order chi connectivity index (χ1) is 9.24. The molecule has 0 saturated carbocycles. The summed E-state index contributed by atoms with van der Waals surface area (Å²) in [5.74, 6) is 1.04. The van der Waals surface area contributed by atoms with Gasteiger partial charge in [0.1, 0.15) is 11.6 Å². The molecule has 19 heavy (non-hydrogen) atoms. The average molecular weight is 249 g/mol. The van der Waals surface area contributed by atoms with Gasteiger partial charge in [-0.1, -0.05) is 0 Å². The second-order valence-electron chi connectivity index (χ2n) is 4.56. The number of aromatic nitrogens is 3. The van der Waals surface area contributed by atoms with Crippen LogP contribution in [-0.4, -0.2) is 15.0 Å². The fourth-order valence-electron chi connectivity index (χ4n) is 2.56. The van der Waals surface area contributed by atoms with Crippen molar-refractivity contribution in [3.05, 3.63) is 36.7 Å². The number of benzene rings is 1. The van der Waals surface area contributed by atoms with Crippen molar-refractivity contribution in [2.45, 2.75) is 0 Å². The lowest BCUT2D eigenvalue weighted by Crippen LogP contribution is -1.91. The summed E-state index contributed by atoms with van der Waals surface area (Å²) >= 11 is 0. The monoisotopic (exact) mass is 249 g/mol. The predicted molar refractivity (Wildman–Crippen MR) is 77.7 cm³/mol. The highest BCUT2D eigenvalue weighted by atomic mass is 14.8. The Hall–Kier alpha value is -2.82. The Morgan fingerprint density at radius 1 is 0.842 bits per heavy atom. The SMILES string of the molecule is Nc1nccc2cc3[nH]c4ccnc(N)c4c3cc12. The van der Waals surface area contributed by atoms with Gasteiger partial charge in [-0.2, -0.15) is 0 Å². The van der Waals surface area contributed by atoms with E-state index in [2.05, 4.69) is 21.0 Å². The molecule has 0 aliphatic heterocycles. The molecule has 1 aromatic carbocycles. The van der Waals surface area contributed by atoms with Gasteiger partial charge in [0.2, 0.25) is 0 Å². The Balaban J connectivity index is 2.29. The molecule has 0 saturated heterocycles. The van der Waals surface area contributed by atoms with Crippen molar-refractivity contribution in [1.82, 2.24) is 15.0 Å². The summed E-state index contributed by atoms with van der Waals surface area (Å²) in [6, 6.07) is 7.93. The first-order valence-electron chi connectivity index (χ1n) is 5.94. The number of H-pyrrole nitrogens is 1. The molecule has 5 heteroatoms. The van der Waals surface area contributed by atoms with Gasteiger partial charge in [-0.15, -0.1) is 0 Å². The van der Waals surface area contributed by atoms with Crippen LogP contribution < -0.4 is 11.5 Å². The second-order valence-corrected chi connectivity index (χ2v) is 4.56. The normalized spacial score (nSPS) is 11.6. The number of aromatic amines is 1. The Bertz CT molecular complexity index is 933. The van der Waals surface area contributed by atoms with Crippen LogP contribution in [0.5, 0.6) is 0 Å². The zero-order valence-corrected chi connectivity index (χ0v) is 10.0. The van der Waals surface area contributed by atoms with Crippen molar-refractivity contribution >= 4 is 44.2 Å². The minimum Gasteiger partial charge on any atom is -0.383 e. The number of anilines is 2. The summed E-state index contributed by atoms with van der Waals surface area (Å²) in [6.45, 7) is 0. The number of rotatable bonds is 0. The Morgan fingerprint density at radius 3 is 2.53 bits per heavy atom. The fraction of sp³-hybridized carbons (Fsp3) is 0. The van der Waals surface area contributed by atoms with Gasteiger partial charge in [0, 0.05) is 34.1 Å². The van der Waals surface area contributed by atoms with E-state index in [4.69, 9.17) is 11.5 Å². The van der Waals surface area contributed by atoms with Crippen LogP contribution in [0.3, 0.4) is 0 Å². The van der Waals surface area contributed by atoms with Crippen LogP contribution in [0.4, 0.5) is 11.6 Å². The van der Waals surface area contributed by atoms with E-state index in [0.29, 0.717) is 11.6 Å². The Morgan fingerprint density at radius 2 is 1.63 bits per heavy atom. The molecule has 0 radical (unpaired) electrons. The average Bonchev–Trinajstić information content (AvgIpc) is 2.76. The lowest BCUT2D eigenvalue weighted by molar-refractivity contribution is 1.36. The van der Waals surface area contributed by atoms with Crippen LogP contribution in [0.1, 0.15) is 0 Å². The van der Waals surface area contributed by atoms with Crippen LogP contribution in [0, 0.1) is 0 Å². The van der Waals surface area contributed by atoms with Crippen molar-refractivity contribution in [2.24, 2.45) is 0 Å². The van der Waals surface area contributed by atoms with E-state index in [0.717, 1.165) is 32.6 Å². The third-order valence-electron chi connectivity index (χ3n) is 3.45. The quantitative estimate of drug-likeness (QED) is 0.446. The van der Waals surface area contributed by atoms with E-state index in [1.165, 1.54) is 0 Å². The van der Waals surface area contributed by atoms with Gasteiger partial charge in [-0.3, -0.25) is 0 Å². The largest absolute Gasteiger partial charge is 0.383 e. The number of hydrogen-bond donors (Lipinski definition) is 3. The third kappa shape index (κ3) is 1.29. The molecule has 3 heterocycles. The molecule has 3 aromatic heterocycles. The van der Waals surface area contributed by atoms with Crippen molar-refractivity contribution in [3.63, 3.8) is 0 Å². The van der Waals surface area contributed by atoms with Gasteiger partial charge in [-0.25, -0.2) is 9.97 Å². The van der Waals surface area contributed by atoms with E-state index in [1.54, 1.807) is 12.4 Å². The molecular formula is C14H11N5. The van der Waals surface area contributed by atoms with Crippen LogP contribution in [0.15, 0.2) is 36.7 Å². The summed E-state index contributed by atoms with van der Waals surface area (Å²) in [6.07, 6.45) is 3.41. The first kappa shape index (κ1) is 10.1. The molecule has 0 aliphatic carbocycles. The molecule has 0 spiro atoms. The topological polar surface area (TPSA) is 93.6 Å². The highest BCUT2D eigenvalue weighted by molar-refractivity contribution is 6.16. The van der Waals surface area contributed by atoms with E-state index in [9.17, 15) is 0 Å². The van der Waals surface area contributed by atoms with Gasteiger partial charge in [-0.05, 0) is 29.7 Å². The molecule has 0 atom stereocenters. The minimum absolute atomic E-state index is 0.519. The fourth-order valence-corrected chi connectivity index (χ4v) is 2.56. The van der Waals surface area contributed by atoms with Crippen LogP contribution in [0.25, 0.3) is 32.6 Å². The van der Waals surface area contributed by atoms with Gasteiger partial charge in [0.25, 0.3) is 0 Å². The number of hydrogen-bond acceptors (Lipinski definition) is 4. The molecule has 4 aromatic rings. The van der Waals surface area contributed by atoms with Crippen molar-refractivity contribution in [3.8, 4) is 0 Å². The molecule has 5 nitrogen and oxygen atoms in total. The molecule has 0 amide bonds. The zero-order valence-electron chi connectivity index (χ0n) is 10.0. The summed E-state index contributed by atoms with van der Waals surface area (Å²) in [7, 11) is 0. The maximum atomic E-state index is 5.97. The second kappa shape index (κ2) is 3.35. The Labute approximate surface area is 108 Å². The predicted octanol–water partition coefficient (Wildman–Crippen LogP) is 2.43. The van der Waals surface area contributed by atoms with Gasteiger partial charge in [0.15, 0.2) is 0 Å². The first-order valence-corrected chi connectivity index (χ1v) is 5.94. The van der Waals surface area contributed by atoms with Crippen LogP contribution in [-0.2, 0) is 0 Å². The number of nitrogens with zero attached hydrogens (tertiary/aromatic N) is 2. The summed E-state index contributed by atoms with van der Waals surface area (Å²) < 4.78 is 0. The maximum absolute atomic E-state index is 5.97. The van der Waals surface area contributed by atoms with Crippen LogP contribution >= 0.6 is 0 Å². The van der Waals surface area contributed by atoms with Crippen molar-refractivity contribution < 1.29 is 0 Å². The summed E-state index contributed by atoms with van der Waals surface area (Å²) in [5, 5.41) is 3.94. The molecular weight excluding hydrogens is 238 g/mol. The lowest BCUT2D eigenvalue weighted by atomic mass is 10.1. The molecule has 92 valence electrons. The van der Waals surface area contributed by atoms with E-state index < -0.39 is 0 Å². The third-order valence-corrected chi connectivity index (χ3v) is 3.45. The van der Waals surface area contributed by atoms with E-state index in [1.807, 2.05) is 18.2 Å². The molecule has 0 unspecified atom stereocenters. The molecule has 4 rings (SSSR count). The number of fused-ring (bicyclic) bond motifs is 4. The Kier molecular flexibility index (Phi) is 1.79. The van der Waals surface area contributed by atoms with Crippen LogP contribution in [0.2, 0.25) is 0 Å². The van der Waals surface area contributed by atoms with Gasteiger partial charge < -0.3 is 16.5 Å². The standard InChI is InChI=1S/C14H11N5/c15-13-8-6-9-11(5-7(8)1-3-17-13)19-10-2-4-18-14(16)12(9)10/h1-6,19H,(H2,15,17)(H2,16,18). The molecule has 5 N–H and O–H groups in total. The highest BCUT2D eigenvalue weighted by Crippen LogP contribution is 2.32. The zero-order chi connectivity index (χ0) is 13.0. The van der Waals surface area contributed by atoms with Gasteiger partial charge in [0.05, 0.1) is 5.52 Å². The van der Waals surface area contributed by atoms with E-state index in [-0.39, 0.29) is 0 Å². The molecule has 0 aliphatic rings. The molecule has 0 bridgehead atoms. The lowest BCUT2D eigenvalue weighted by Gasteiger charge is -2.01. The maximum Gasteiger partial charge on any atom is 0.133 e. The smallest absolute Gasteiger partial charge is 0.133 e. The number of nitrogens with one attached hydrogen (secondary N) is 1. The van der Waals surface area contributed by atoms with E-state index >= 15 is 0 Å². The number of nitrogen functional groups attached to an aromatic ring is 2.